The first-order chi connectivity index (χ1) is 10.6. The maximum Gasteiger partial charge on any atom is 0.184 e. The monoisotopic (exact) mass is 311 g/mol. The van der Waals surface area contributed by atoms with Gasteiger partial charge in [0.05, 0.1) is 13.7 Å². The van der Waals surface area contributed by atoms with Crippen molar-refractivity contribution in [3.05, 3.63) is 35.9 Å². The number of ether oxygens (including phenoxy) is 3. The van der Waals surface area contributed by atoms with Gasteiger partial charge in [-0.2, -0.15) is 5.06 Å². The molecule has 0 aliphatic carbocycles. The Balaban J connectivity index is 1.73. The van der Waals surface area contributed by atoms with Crippen LogP contribution in [0.5, 0.6) is 0 Å². The molecule has 0 bridgehead atoms. The molecule has 2 fully saturated rings. The van der Waals surface area contributed by atoms with E-state index in [4.69, 9.17) is 19.0 Å². The lowest BCUT2D eigenvalue weighted by atomic mass is 9.97. The van der Waals surface area contributed by atoms with Crippen molar-refractivity contribution < 1.29 is 29.3 Å². The average molecular weight is 311 g/mol. The van der Waals surface area contributed by atoms with Crippen molar-refractivity contribution >= 4 is 0 Å². The van der Waals surface area contributed by atoms with Crippen LogP contribution in [0, 0.1) is 0 Å². The summed E-state index contributed by atoms with van der Waals surface area (Å²) in [5.41, 5.74) is 0.860. The highest BCUT2D eigenvalue weighted by atomic mass is 16.7. The fourth-order valence-electron chi connectivity index (χ4n) is 2.78. The van der Waals surface area contributed by atoms with Gasteiger partial charge in [0.25, 0.3) is 0 Å². The summed E-state index contributed by atoms with van der Waals surface area (Å²) in [5, 5.41) is 21.9. The number of hydrogen-bond donors (Lipinski definition) is 2. The van der Waals surface area contributed by atoms with E-state index in [1.165, 1.54) is 12.2 Å². The number of aliphatic hydroxyl groups excluding tert-OH is 2. The Hall–Kier alpha value is -1.06. The summed E-state index contributed by atoms with van der Waals surface area (Å²) < 4.78 is 17.2. The molecule has 1 aromatic rings. The smallest absolute Gasteiger partial charge is 0.184 e. The fourth-order valence-corrected chi connectivity index (χ4v) is 2.78. The van der Waals surface area contributed by atoms with Crippen LogP contribution in [-0.4, -0.2) is 66.7 Å². The molecule has 0 aromatic heterocycles. The Morgan fingerprint density at radius 3 is 2.55 bits per heavy atom. The topological polar surface area (TPSA) is 80.6 Å². The predicted octanol–water partition coefficient (Wildman–Crippen LogP) is 0.0405. The molecule has 7 heteroatoms. The lowest BCUT2D eigenvalue weighted by Crippen LogP contribution is -2.64. The van der Waals surface area contributed by atoms with Crippen LogP contribution in [0.4, 0.5) is 0 Å². The van der Waals surface area contributed by atoms with Crippen LogP contribution in [0.25, 0.3) is 0 Å². The number of nitrogens with zero attached hydrogens (tertiary/aromatic N) is 1. The number of likely N-dealkylation sites (N-methyl/N-ethyl adjacent to an activating group) is 1. The van der Waals surface area contributed by atoms with Crippen LogP contribution in [0.3, 0.4) is 0 Å². The zero-order chi connectivity index (χ0) is 15.7. The molecule has 122 valence electrons. The second-order valence-corrected chi connectivity index (χ2v) is 5.45. The van der Waals surface area contributed by atoms with Crippen LogP contribution in [0.15, 0.2) is 30.3 Å². The molecule has 7 nitrogen and oxygen atoms in total. The average Bonchev–Trinajstić information content (AvgIpc) is 2.58. The molecular weight excluding hydrogens is 290 g/mol. The van der Waals surface area contributed by atoms with Gasteiger partial charge in [0, 0.05) is 12.6 Å². The van der Waals surface area contributed by atoms with Crippen molar-refractivity contribution in [1.82, 2.24) is 5.06 Å². The molecule has 0 radical (unpaired) electrons. The molecule has 1 unspecified atom stereocenters. The van der Waals surface area contributed by atoms with Crippen molar-refractivity contribution in [2.45, 2.75) is 36.9 Å². The van der Waals surface area contributed by atoms with Gasteiger partial charge in [0.15, 0.2) is 12.5 Å². The molecule has 0 amide bonds. The van der Waals surface area contributed by atoms with Gasteiger partial charge in [-0.3, -0.25) is 4.84 Å². The van der Waals surface area contributed by atoms with E-state index >= 15 is 0 Å². The van der Waals surface area contributed by atoms with Gasteiger partial charge >= 0.3 is 0 Å². The number of fused-ring (bicyclic) bond motifs is 1. The van der Waals surface area contributed by atoms with Crippen molar-refractivity contribution in [2.24, 2.45) is 0 Å². The SMILES string of the molecule is CON(C)[C@@H]1O[C@@H]2COC(c3ccccc3)O[C@H]2[C@H](O)[C@H]1O. The molecule has 0 spiro atoms. The minimum atomic E-state index is -1.14. The van der Waals surface area contributed by atoms with E-state index in [1.807, 2.05) is 30.3 Å². The molecule has 1 aromatic carbocycles. The van der Waals surface area contributed by atoms with Crippen LogP contribution in [0.1, 0.15) is 11.9 Å². The van der Waals surface area contributed by atoms with Crippen molar-refractivity contribution in [2.75, 3.05) is 20.8 Å². The molecule has 22 heavy (non-hydrogen) atoms. The first-order valence-electron chi connectivity index (χ1n) is 7.22. The third-order valence-corrected chi connectivity index (χ3v) is 4.07. The first kappa shape index (κ1) is 15.8. The van der Waals surface area contributed by atoms with Gasteiger partial charge in [-0.25, -0.2) is 0 Å². The van der Waals surface area contributed by atoms with Gasteiger partial charge < -0.3 is 24.4 Å². The molecule has 2 saturated heterocycles. The van der Waals surface area contributed by atoms with E-state index in [-0.39, 0.29) is 6.61 Å². The van der Waals surface area contributed by atoms with Gasteiger partial charge in [-0.05, 0) is 0 Å². The fraction of sp³-hybridized carbons (Fsp3) is 0.600. The Morgan fingerprint density at radius 2 is 1.86 bits per heavy atom. The van der Waals surface area contributed by atoms with E-state index in [2.05, 4.69) is 0 Å². The highest BCUT2D eigenvalue weighted by molar-refractivity contribution is 5.16. The summed E-state index contributed by atoms with van der Waals surface area (Å²) in [6.45, 7) is 0.266. The molecule has 0 saturated carbocycles. The minimum Gasteiger partial charge on any atom is -0.387 e. The Morgan fingerprint density at radius 1 is 1.14 bits per heavy atom. The molecule has 3 rings (SSSR count). The van der Waals surface area contributed by atoms with E-state index < -0.39 is 36.9 Å². The zero-order valence-electron chi connectivity index (χ0n) is 12.5. The third-order valence-electron chi connectivity index (χ3n) is 4.07. The predicted molar refractivity (Wildman–Crippen MR) is 75.5 cm³/mol. The number of hydrogen-bond acceptors (Lipinski definition) is 7. The van der Waals surface area contributed by atoms with E-state index in [9.17, 15) is 10.2 Å². The second kappa shape index (κ2) is 6.59. The number of hydroxylamine groups is 2. The van der Waals surface area contributed by atoms with Gasteiger partial charge in [-0.15, -0.1) is 0 Å². The Bertz CT molecular complexity index is 484. The Labute approximate surface area is 128 Å². The normalized spacial score (nSPS) is 38.8. The van der Waals surface area contributed by atoms with Crippen LogP contribution in [-0.2, 0) is 19.0 Å². The van der Waals surface area contributed by atoms with Crippen LogP contribution >= 0.6 is 0 Å². The van der Waals surface area contributed by atoms with E-state index in [1.54, 1.807) is 7.05 Å². The minimum absolute atomic E-state index is 0.266. The molecular formula is C15H21NO6. The van der Waals surface area contributed by atoms with E-state index in [0.717, 1.165) is 5.56 Å². The maximum absolute atomic E-state index is 10.4. The quantitative estimate of drug-likeness (QED) is 0.763. The lowest BCUT2D eigenvalue weighted by molar-refractivity contribution is -0.367. The highest BCUT2D eigenvalue weighted by Gasteiger charge is 2.50. The molecule has 2 aliphatic rings. The summed E-state index contributed by atoms with van der Waals surface area (Å²) in [4.78, 5) is 5.03. The standard InChI is InChI=1S/C15H21NO6/c1-16(19-2)14-12(18)11(17)13-10(21-14)8-20-15(22-13)9-6-4-3-5-7-9/h3-7,10-15,17-18H,8H2,1-2H3/t10-,11-,12-,13-,14-,15?/m1/s1. The number of aliphatic hydroxyl groups is 2. The zero-order valence-corrected chi connectivity index (χ0v) is 12.5. The number of rotatable bonds is 3. The molecule has 2 heterocycles. The van der Waals surface area contributed by atoms with Crippen molar-refractivity contribution in [1.29, 1.82) is 0 Å². The third kappa shape index (κ3) is 2.89. The second-order valence-electron chi connectivity index (χ2n) is 5.45. The summed E-state index contributed by atoms with van der Waals surface area (Å²) >= 11 is 0. The summed E-state index contributed by atoms with van der Waals surface area (Å²) in [7, 11) is 3.09. The number of benzene rings is 1. The summed E-state index contributed by atoms with van der Waals surface area (Å²) in [6.07, 6.45) is -4.71. The first-order valence-corrected chi connectivity index (χ1v) is 7.22. The van der Waals surface area contributed by atoms with Gasteiger partial charge in [0.2, 0.25) is 0 Å². The largest absolute Gasteiger partial charge is 0.387 e. The Kier molecular flexibility index (Phi) is 4.74. The molecule has 2 N–H and O–H groups in total. The molecule has 6 atom stereocenters. The van der Waals surface area contributed by atoms with E-state index in [0.29, 0.717) is 0 Å². The van der Waals surface area contributed by atoms with Crippen molar-refractivity contribution in [3.8, 4) is 0 Å². The van der Waals surface area contributed by atoms with Crippen LogP contribution < -0.4 is 0 Å². The molecule has 2 aliphatic heterocycles. The summed E-state index contributed by atoms with van der Waals surface area (Å²) in [6, 6.07) is 9.46. The lowest BCUT2D eigenvalue weighted by Gasteiger charge is -2.47. The van der Waals surface area contributed by atoms with Gasteiger partial charge in [0.1, 0.15) is 24.4 Å². The summed E-state index contributed by atoms with van der Waals surface area (Å²) in [5.74, 6) is 0. The maximum atomic E-state index is 10.4. The van der Waals surface area contributed by atoms with Crippen LogP contribution in [0.2, 0.25) is 0 Å². The van der Waals surface area contributed by atoms with Gasteiger partial charge in [-0.1, -0.05) is 30.3 Å². The highest BCUT2D eigenvalue weighted by Crippen LogP contribution is 2.34. The van der Waals surface area contributed by atoms with Crippen molar-refractivity contribution in [3.63, 3.8) is 0 Å².